The SMILES string of the molecule is Cc1ccc(Oc2cc(/C(N)=N/O)cc(C)n2)cn1. The number of oxime groups is 1. The van der Waals surface area contributed by atoms with Gasteiger partial charge in [0.25, 0.3) is 0 Å². The van der Waals surface area contributed by atoms with Crippen LogP contribution in [0, 0.1) is 13.8 Å². The first-order chi connectivity index (χ1) is 9.08. The maximum atomic E-state index is 8.68. The van der Waals surface area contributed by atoms with Crippen molar-refractivity contribution in [1.82, 2.24) is 9.97 Å². The van der Waals surface area contributed by atoms with E-state index in [2.05, 4.69) is 15.1 Å². The Balaban J connectivity index is 2.30. The van der Waals surface area contributed by atoms with Gasteiger partial charge in [0.15, 0.2) is 5.84 Å². The number of ether oxygens (including phenoxy) is 1. The Hall–Kier alpha value is -2.63. The first-order valence-electron chi connectivity index (χ1n) is 5.65. The molecule has 19 heavy (non-hydrogen) atoms. The molecule has 0 aliphatic heterocycles. The molecular formula is C13H14N4O2. The Morgan fingerprint density at radius 3 is 2.68 bits per heavy atom. The summed E-state index contributed by atoms with van der Waals surface area (Å²) in [5.74, 6) is 0.957. The molecule has 0 unspecified atom stereocenters. The number of aromatic nitrogens is 2. The second-order valence-corrected chi connectivity index (χ2v) is 4.06. The minimum atomic E-state index is 0.0115. The van der Waals surface area contributed by atoms with Crippen molar-refractivity contribution in [2.45, 2.75) is 13.8 Å². The lowest BCUT2D eigenvalue weighted by Gasteiger charge is -2.07. The monoisotopic (exact) mass is 258 g/mol. The first kappa shape index (κ1) is 12.8. The Bertz CT molecular complexity index is 609. The molecule has 0 fully saturated rings. The lowest BCUT2D eigenvalue weighted by Crippen LogP contribution is -2.13. The topological polar surface area (TPSA) is 93.6 Å². The average Bonchev–Trinajstić information content (AvgIpc) is 2.40. The largest absolute Gasteiger partial charge is 0.437 e. The summed E-state index contributed by atoms with van der Waals surface area (Å²) in [6.45, 7) is 3.69. The fraction of sp³-hybridized carbons (Fsp3) is 0.154. The van der Waals surface area contributed by atoms with Gasteiger partial charge in [-0.2, -0.15) is 0 Å². The van der Waals surface area contributed by atoms with E-state index < -0.39 is 0 Å². The van der Waals surface area contributed by atoms with Crippen molar-refractivity contribution in [3.8, 4) is 11.6 Å². The van der Waals surface area contributed by atoms with Crippen LogP contribution in [0.5, 0.6) is 11.6 Å². The van der Waals surface area contributed by atoms with Crippen LogP contribution >= 0.6 is 0 Å². The predicted octanol–water partition coefficient (Wildman–Crippen LogP) is 1.98. The summed E-state index contributed by atoms with van der Waals surface area (Å²) >= 11 is 0. The summed E-state index contributed by atoms with van der Waals surface area (Å²) in [4.78, 5) is 8.36. The Kier molecular flexibility index (Phi) is 3.61. The Labute approximate surface area is 110 Å². The van der Waals surface area contributed by atoms with E-state index in [9.17, 15) is 0 Å². The number of aryl methyl sites for hydroxylation is 2. The van der Waals surface area contributed by atoms with Gasteiger partial charge >= 0.3 is 0 Å². The van der Waals surface area contributed by atoms with Gasteiger partial charge in [-0.25, -0.2) is 4.98 Å². The van der Waals surface area contributed by atoms with E-state index in [1.165, 1.54) is 0 Å². The van der Waals surface area contributed by atoms with Crippen molar-refractivity contribution >= 4 is 5.84 Å². The normalized spacial score (nSPS) is 11.4. The second kappa shape index (κ2) is 5.34. The fourth-order valence-electron chi connectivity index (χ4n) is 1.53. The summed E-state index contributed by atoms with van der Waals surface area (Å²) < 4.78 is 5.58. The number of rotatable bonds is 3. The minimum absolute atomic E-state index is 0.0115. The molecular weight excluding hydrogens is 244 g/mol. The van der Waals surface area contributed by atoms with Crippen molar-refractivity contribution in [2.75, 3.05) is 0 Å². The van der Waals surface area contributed by atoms with E-state index in [0.29, 0.717) is 22.9 Å². The first-order valence-corrected chi connectivity index (χ1v) is 5.65. The third-order valence-electron chi connectivity index (χ3n) is 2.44. The molecule has 0 aromatic carbocycles. The van der Waals surface area contributed by atoms with Crippen LogP contribution in [-0.4, -0.2) is 21.0 Å². The zero-order chi connectivity index (χ0) is 13.8. The van der Waals surface area contributed by atoms with E-state index in [1.807, 2.05) is 13.0 Å². The summed E-state index contributed by atoms with van der Waals surface area (Å²) in [6.07, 6.45) is 1.61. The predicted molar refractivity (Wildman–Crippen MR) is 70.5 cm³/mol. The molecule has 2 aromatic rings. The quantitative estimate of drug-likeness (QED) is 0.380. The maximum Gasteiger partial charge on any atom is 0.220 e. The van der Waals surface area contributed by atoms with E-state index in [-0.39, 0.29) is 5.84 Å². The molecule has 2 rings (SSSR count). The number of hydrogen-bond acceptors (Lipinski definition) is 5. The van der Waals surface area contributed by atoms with E-state index >= 15 is 0 Å². The highest BCUT2D eigenvalue weighted by Gasteiger charge is 2.06. The molecule has 0 amide bonds. The zero-order valence-corrected chi connectivity index (χ0v) is 10.7. The van der Waals surface area contributed by atoms with Gasteiger partial charge in [0, 0.05) is 23.0 Å². The molecule has 98 valence electrons. The number of nitrogens with two attached hydrogens (primary N) is 1. The highest BCUT2D eigenvalue weighted by molar-refractivity contribution is 5.97. The van der Waals surface area contributed by atoms with Gasteiger partial charge in [-0.05, 0) is 32.0 Å². The molecule has 0 aliphatic carbocycles. The van der Waals surface area contributed by atoms with Crippen LogP contribution in [0.3, 0.4) is 0 Å². The molecule has 0 saturated carbocycles. The van der Waals surface area contributed by atoms with Crippen molar-refractivity contribution < 1.29 is 9.94 Å². The molecule has 3 N–H and O–H groups in total. The van der Waals surface area contributed by atoms with Gasteiger partial charge < -0.3 is 15.7 Å². The molecule has 0 saturated heterocycles. The molecule has 0 spiro atoms. The second-order valence-electron chi connectivity index (χ2n) is 4.06. The van der Waals surface area contributed by atoms with Crippen LogP contribution in [0.25, 0.3) is 0 Å². The number of amidine groups is 1. The van der Waals surface area contributed by atoms with Crippen LogP contribution in [0.15, 0.2) is 35.6 Å². The third-order valence-corrected chi connectivity index (χ3v) is 2.44. The fourth-order valence-corrected chi connectivity index (χ4v) is 1.53. The van der Waals surface area contributed by atoms with Crippen LogP contribution in [-0.2, 0) is 0 Å². The number of hydrogen-bond donors (Lipinski definition) is 2. The molecule has 6 nitrogen and oxygen atoms in total. The Morgan fingerprint density at radius 2 is 2.05 bits per heavy atom. The van der Waals surface area contributed by atoms with Gasteiger partial charge in [0.1, 0.15) is 5.75 Å². The third kappa shape index (κ3) is 3.19. The molecule has 2 heterocycles. The minimum Gasteiger partial charge on any atom is -0.437 e. The number of pyridine rings is 2. The molecule has 0 radical (unpaired) electrons. The highest BCUT2D eigenvalue weighted by Crippen LogP contribution is 2.20. The molecule has 2 aromatic heterocycles. The average molecular weight is 258 g/mol. The van der Waals surface area contributed by atoms with Gasteiger partial charge in [0.2, 0.25) is 5.88 Å². The van der Waals surface area contributed by atoms with Crippen LogP contribution in [0.2, 0.25) is 0 Å². The maximum absolute atomic E-state index is 8.68. The smallest absolute Gasteiger partial charge is 0.220 e. The van der Waals surface area contributed by atoms with E-state index in [1.54, 1.807) is 31.3 Å². The molecule has 6 heteroatoms. The van der Waals surface area contributed by atoms with E-state index in [0.717, 1.165) is 5.69 Å². The summed E-state index contributed by atoms with van der Waals surface area (Å²) in [5, 5.41) is 11.6. The van der Waals surface area contributed by atoms with E-state index in [4.69, 9.17) is 15.7 Å². The molecule has 0 atom stereocenters. The van der Waals surface area contributed by atoms with Gasteiger partial charge in [-0.1, -0.05) is 5.16 Å². The summed E-state index contributed by atoms with van der Waals surface area (Å²) in [5.41, 5.74) is 7.71. The highest BCUT2D eigenvalue weighted by atomic mass is 16.5. The molecule has 0 aliphatic rings. The standard InChI is InChI=1S/C13H14N4O2/c1-8-3-4-11(7-15-8)19-12-6-10(13(14)17-18)5-9(2)16-12/h3-7,18H,1-2H3,(H2,14,17). The van der Waals surface area contributed by atoms with Crippen molar-refractivity contribution in [1.29, 1.82) is 0 Å². The van der Waals surface area contributed by atoms with Crippen molar-refractivity contribution in [3.05, 3.63) is 47.4 Å². The molecule has 0 bridgehead atoms. The van der Waals surface area contributed by atoms with Crippen molar-refractivity contribution in [3.63, 3.8) is 0 Å². The Morgan fingerprint density at radius 1 is 1.26 bits per heavy atom. The van der Waals surface area contributed by atoms with Crippen LogP contribution in [0.4, 0.5) is 0 Å². The van der Waals surface area contributed by atoms with Crippen LogP contribution in [0.1, 0.15) is 17.0 Å². The van der Waals surface area contributed by atoms with Gasteiger partial charge in [-0.15, -0.1) is 0 Å². The summed E-state index contributed by atoms with van der Waals surface area (Å²) in [6, 6.07) is 6.95. The number of nitrogens with zero attached hydrogens (tertiary/aromatic N) is 3. The van der Waals surface area contributed by atoms with Crippen molar-refractivity contribution in [2.24, 2.45) is 10.9 Å². The van der Waals surface area contributed by atoms with Crippen LogP contribution < -0.4 is 10.5 Å². The van der Waals surface area contributed by atoms with Gasteiger partial charge in [0.05, 0.1) is 6.20 Å². The summed E-state index contributed by atoms with van der Waals surface area (Å²) in [7, 11) is 0. The van der Waals surface area contributed by atoms with Gasteiger partial charge in [-0.3, -0.25) is 4.98 Å². The lowest BCUT2D eigenvalue weighted by molar-refractivity contribution is 0.318. The zero-order valence-electron chi connectivity index (χ0n) is 10.7. The lowest BCUT2D eigenvalue weighted by atomic mass is 10.2.